The van der Waals surface area contributed by atoms with Crippen LogP contribution in [0.5, 0.6) is 0 Å². The summed E-state index contributed by atoms with van der Waals surface area (Å²) in [5.74, 6) is -2.12. The Morgan fingerprint density at radius 1 is 1.22 bits per heavy atom. The van der Waals surface area contributed by atoms with E-state index in [0.717, 1.165) is 5.56 Å². The molecule has 1 atom stereocenters. The van der Waals surface area contributed by atoms with Crippen LogP contribution in [0.15, 0.2) is 58.0 Å². The van der Waals surface area contributed by atoms with E-state index in [1.54, 1.807) is 24.0 Å². The Morgan fingerprint density at radius 2 is 1.94 bits per heavy atom. The number of aromatic nitrogens is 1. The number of rotatable bonds is 5. The molecule has 1 fully saturated rings. The van der Waals surface area contributed by atoms with Gasteiger partial charge >= 0.3 is 5.97 Å². The lowest BCUT2D eigenvalue weighted by Gasteiger charge is -2.27. The summed E-state index contributed by atoms with van der Waals surface area (Å²) < 4.78 is 25.5. The summed E-state index contributed by atoms with van der Waals surface area (Å²) in [4.78, 5) is 17.9. The molecule has 2 heterocycles. The van der Waals surface area contributed by atoms with E-state index in [1.807, 2.05) is 30.3 Å². The van der Waals surface area contributed by atoms with Crippen LogP contribution in [0, 0.1) is 5.82 Å². The molecule has 8 nitrogen and oxygen atoms in total. The average molecular weight is 438 g/mol. The molecule has 0 saturated carbocycles. The highest BCUT2D eigenvalue weighted by Crippen LogP contribution is 2.34. The Morgan fingerprint density at radius 3 is 2.59 bits per heavy atom. The zero-order valence-electron chi connectivity index (χ0n) is 17.5. The fourth-order valence-corrected chi connectivity index (χ4v) is 3.64. The monoisotopic (exact) mass is 438 g/mol. The van der Waals surface area contributed by atoms with Gasteiger partial charge in [0.25, 0.3) is 0 Å². The predicted octanol–water partition coefficient (Wildman–Crippen LogP) is 3.61. The fourth-order valence-electron chi connectivity index (χ4n) is 3.64. The molecular formula is C23H23FN4O4. The van der Waals surface area contributed by atoms with Crippen molar-refractivity contribution in [1.29, 1.82) is 0 Å². The number of carboxylic acids is 1. The summed E-state index contributed by atoms with van der Waals surface area (Å²) >= 11 is 0. The third kappa shape index (κ3) is 4.33. The third-order valence-corrected chi connectivity index (χ3v) is 5.44. The topological polar surface area (TPSA) is 114 Å². The van der Waals surface area contributed by atoms with Gasteiger partial charge in [0.1, 0.15) is 11.4 Å². The zero-order chi connectivity index (χ0) is 22.7. The molecular weight excluding hydrogens is 415 g/mol. The van der Waals surface area contributed by atoms with Crippen LogP contribution in [0.3, 0.4) is 0 Å². The minimum Gasteiger partial charge on any atom is -0.477 e. The lowest BCUT2D eigenvalue weighted by molar-refractivity contribution is 0.0674. The molecule has 0 aliphatic carbocycles. The number of nitrogens with two attached hydrogens (primary N) is 1. The molecule has 1 unspecified atom stereocenters. The van der Waals surface area contributed by atoms with Crippen molar-refractivity contribution >= 4 is 17.7 Å². The molecule has 0 spiro atoms. The molecule has 3 aromatic rings. The van der Waals surface area contributed by atoms with E-state index in [-0.39, 0.29) is 23.1 Å². The minimum atomic E-state index is -1.25. The van der Waals surface area contributed by atoms with Crippen LogP contribution in [0.25, 0.3) is 11.1 Å². The molecule has 1 saturated heterocycles. The Hall–Kier alpha value is -3.72. The van der Waals surface area contributed by atoms with E-state index in [9.17, 15) is 14.3 Å². The van der Waals surface area contributed by atoms with Crippen molar-refractivity contribution in [2.75, 3.05) is 26.3 Å². The number of aliphatic imine (C=N–C) groups is 1. The number of carbonyl (C=O) groups is 1. The molecule has 2 aromatic carbocycles. The first-order chi connectivity index (χ1) is 15.5. The summed E-state index contributed by atoms with van der Waals surface area (Å²) in [7, 11) is 0. The number of hydrogen-bond donors (Lipinski definition) is 2. The summed E-state index contributed by atoms with van der Waals surface area (Å²) in [5, 5.41) is 13.6. The van der Waals surface area contributed by atoms with Crippen molar-refractivity contribution in [2.45, 2.75) is 12.8 Å². The van der Waals surface area contributed by atoms with E-state index in [4.69, 9.17) is 15.0 Å². The maximum absolute atomic E-state index is 14.8. The first kappa shape index (κ1) is 21.5. The number of benzene rings is 2. The lowest BCUT2D eigenvalue weighted by atomic mass is 9.93. The van der Waals surface area contributed by atoms with Crippen LogP contribution in [0.4, 0.5) is 10.2 Å². The smallest absolute Gasteiger partial charge is 0.343 e. The van der Waals surface area contributed by atoms with E-state index in [1.165, 1.54) is 6.07 Å². The standard InChI is InChI=1S/C23H23FN4O4/c1-14(16-7-8-17(18(24)13-16)15-5-3-2-4-6-15)20-19(22(29)30)21(27-32-20)26-23(25)28-9-11-31-12-10-28/h2-8,13-14H,9-12H2,1H3,(H,29,30)(H2,25,26,27). The quantitative estimate of drug-likeness (QED) is 0.462. The van der Waals surface area contributed by atoms with Crippen LogP contribution in [0.1, 0.15) is 34.5 Å². The van der Waals surface area contributed by atoms with Crippen molar-refractivity contribution in [3.05, 3.63) is 71.2 Å². The van der Waals surface area contributed by atoms with Gasteiger partial charge < -0.3 is 25.0 Å². The van der Waals surface area contributed by atoms with Gasteiger partial charge in [-0.3, -0.25) is 0 Å². The predicted molar refractivity (Wildman–Crippen MR) is 116 cm³/mol. The van der Waals surface area contributed by atoms with Crippen LogP contribution < -0.4 is 5.73 Å². The molecule has 0 amide bonds. The maximum Gasteiger partial charge on any atom is 0.343 e. The summed E-state index contributed by atoms with van der Waals surface area (Å²) in [5.41, 5.74) is 7.61. The first-order valence-electron chi connectivity index (χ1n) is 10.2. The van der Waals surface area contributed by atoms with E-state index in [2.05, 4.69) is 10.1 Å². The molecule has 9 heteroatoms. The van der Waals surface area contributed by atoms with E-state index < -0.39 is 17.7 Å². The van der Waals surface area contributed by atoms with Crippen LogP contribution >= 0.6 is 0 Å². The number of guanidine groups is 1. The maximum atomic E-state index is 14.8. The van der Waals surface area contributed by atoms with Gasteiger partial charge in [-0.05, 0) is 17.2 Å². The van der Waals surface area contributed by atoms with Crippen molar-refractivity contribution in [3.8, 4) is 11.1 Å². The summed E-state index contributed by atoms with van der Waals surface area (Å²) in [6.45, 7) is 3.84. The number of hydrogen-bond acceptors (Lipinski definition) is 5. The van der Waals surface area contributed by atoms with Gasteiger partial charge in [0.2, 0.25) is 5.82 Å². The number of carboxylic acid groups (broad SMARTS) is 1. The SMILES string of the molecule is CC(c1ccc(-c2ccccc2)c(F)c1)c1onc(/N=C(\N)N2CCOCC2)c1C(=O)O. The highest BCUT2D eigenvalue weighted by Gasteiger charge is 2.28. The van der Waals surface area contributed by atoms with Gasteiger partial charge in [-0.25, -0.2) is 9.18 Å². The Balaban J connectivity index is 1.65. The van der Waals surface area contributed by atoms with E-state index >= 15 is 0 Å². The molecule has 0 radical (unpaired) electrons. The van der Waals surface area contributed by atoms with Gasteiger partial charge in [-0.15, -0.1) is 0 Å². The molecule has 1 aliphatic heterocycles. The number of nitrogens with zero attached hydrogens (tertiary/aromatic N) is 3. The van der Waals surface area contributed by atoms with Gasteiger partial charge in [0, 0.05) is 24.6 Å². The van der Waals surface area contributed by atoms with Crippen LogP contribution in [0.2, 0.25) is 0 Å². The average Bonchev–Trinajstić information content (AvgIpc) is 3.23. The molecule has 3 N–H and O–H groups in total. The van der Waals surface area contributed by atoms with Gasteiger partial charge in [-0.2, -0.15) is 4.99 Å². The molecule has 1 aromatic heterocycles. The number of aromatic carboxylic acids is 1. The molecule has 32 heavy (non-hydrogen) atoms. The fraction of sp³-hybridized carbons (Fsp3) is 0.261. The Bertz CT molecular complexity index is 1140. The second kappa shape index (κ2) is 9.19. The molecule has 0 bridgehead atoms. The lowest BCUT2D eigenvalue weighted by Crippen LogP contribution is -2.44. The molecule has 166 valence electrons. The second-order valence-corrected chi connectivity index (χ2v) is 7.45. The van der Waals surface area contributed by atoms with Crippen LogP contribution in [-0.4, -0.2) is 53.4 Å². The second-order valence-electron chi connectivity index (χ2n) is 7.45. The molecule has 1 aliphatic rings. The highest BCUT2D eigenvalue weighted by molar-refractivity contribution is 5.95. The largest absolute Gasteiger partial charge is 0.477 e. The van der Waals surface area contributed by atoms with Crippen molar-refractivity contribution in [1.82, 2.24) is 10.1 Å². The normalized spacial score (nSPS) is 15.6. The first-order valence-corrected chi connectivity index (χ1v) is 10.2. The van der Waals surface area contributed by atoms with Crippen LogP contribution in [-0.2, 0) is 4.74 Å². The molecule has 4 rings (SSSR count). The van der Waals surface area contributed by atoms with Gasteiger partial charge in [0.15, 0.2) is 11.7 Å². The summed E-state index contributed by atoms with van der Waals surface area (Å²) in [6, 6.07) is 14.0. The number of ether oxygens (including phenoxy) is 1. The summed E-state index contributed by atoms with van der Waals surface area (Å²) in [6.07, 6.45) is 0. The number of morpholine rings is 1. The Labute approximate surface area is 184 Å². The van der Waals surface area contributed by atoms with E-state index in [0.29, 0.717) is 37.4 Å². The van der Waals surface area contributed by atoms with Gasteiger partial charge in [0.05, 0.1) is 13.2 Å². The van der Waals surface area contributed by atoms with Crippen molar-refractivity contribution < 1.29 is 23.6 Å². The highest BCUT2D eigenvalue weighted by atomic mass is 19.1. The third-order valence-electron chi connectivity index (χ3n) is 5.44. The Kier molecular flexibility index (Phi) is 6.18. The van der Waals surface area contributed by atoms with Crippen molar-refractivity contribution in [3.63, 3.8) is 0 Å². The van der Waals surface area contributed by atoms with Crippen molar-refractivity contribution in [2.24, 2.45) is 10.7 Å². The minimum absolute atomic E-state index is 0.0814. The zero-order valence-corrected chi connectivity index (χ0v) is 17.5. The number of halogens is 1. The van der Waals surface area contributed by atoms with Gasteiger partial charge in [-0.1, -0.05) is 54.5 Å².